The van der Waals surface area contributed by atoms with Gasteiger partial charge in [0.05, 0.1) is 7.11 Å². The molecule has 0 saturated heterocycles. The van der Waals surface area contributed by atoms with Crippen LogP contribution in [0.3, 0.4) is 0 Å². The normalized spacial score (nSPS) is 15.8. The molecule has 1 aliphatic rings. The molecule has 0 spiro atoms. The fourth-order valence-electron chi connectivity index (χ4n) is 2.92. The van der Waals surface area contributed by atoms with Gasteiger partial charge in [0.2, 0.25) is 0 Å². The van der Waals surface area contributed by atoms with Crippen LogP contribution >= 0.6 is 0 Å². The molecule has 1 saturated carbocycles. The highest BCUT2D eigenvalue weighted by molar-refractivity contribution is 5.39. The molecule has 1 aliphatic carbocycles. The molecule has 4 nitrogen and oxygen atoms in total. The minimum atomic E-state index is 0.677. The number of nitrogens with zero attached hydrogens (tertiary/aromatic N) is 1. The molecule has 4 heteroatoms. The van der Waals surface area contributed by atoms with Gasteiger partial charge in [-0.05, 0) is 25.0 Å². The number of ether oxygens (including phenoxy) is 2. The number of nitrogens with two attached hydrogens (primary N) is 1. The molecule has 20 heavy (non-hydrogen) atoms. The van der Waals surface area contributed by atoms with Crippen LogP contribution in [-0.2, 0) is 0 Å². The first-order chi connectivity index (χ1) is 9.85. The maximum atomic E-state index is 5.86. The van der Waals surface area contributed by atoms with Crippen molar-refractivity contribution < 1.29 is 9.47 Å². The minimum Gasteiger partial charge on any atom is -0.493 e. The van der Waals surface area contributed by atoms with Crippen molar-refractivity contribution in [1.29, 1.82) is 0 Å². The summed E-state index contributed by atoms with van der Waals surface area (Å²) in [6, 6.07) is 8.48. The fourth-order valence-corrected chi connectivity index (χ4v) is 2.92. The van der Waals surface area contributed by atoms with E-state index in [1.165, 1.54) is 25.7 Å². The quantitative estimate of drug-likeness (QED) is 0.792. The molecule has 0 atom stereocenters. The van der Waals surface area contributed by atoms with Crippen molar-refractivity contribution in [2.75, 3.05) is 33.4 Å². The zero-order valence-electron chi connectivity index (χ0n) is 12.4. The summed E-state index contributed by atoms with van der Waals surface area (Å²) < 4.78 is 11.1. The van der Waals surface area contributed by atoms with E-state index in [0.717, 1.165) is 24.6 Å². The molecule has 2 rings (SSSR count). The smallest absolute Gasteiger partial charge is 0.161 e. The molecule has 0 bridgehead atoms. The molecule has 112 valence electrons. The highest BCUT2D eigenvalue weighted by Gasteiger charge is 2.21. The Morgan fingerprint density at radius 2 is 1.85 bits per heavy atom. The van der Waals surface area contributed by atoms with Gasteiger partial charge in [-0.2, -0.15) is 0 Å². The summed E-state index contributed by atoms with van der Waals surface area (Å²) in [7, 11) is 1.67. The standard InChI is InChI=1S/C16H26N2O2/c1-19-15-8-4-5-9-16(15)20-13-12-18(11-10-17)14-6-2-3-7-14/h4-5,8-9,14H,2-3,6-7,10-13,17H2,1H3. The Kier molecular flexibility index (Phi) is 6.15. The first kappa shape index (κ1) is 15.1. The second-order valence-corrected chi connectivity index (χ2v) is 5.26. The van der Waals surface area contributed by atoms with Crippen LogP contribution in [0.5, 0.6) is 11.5 Å². The van der Waals surface area contributed by atoms with Crippen LogP contribution < -0.4 is 15.2 Å². The van der Waals surface area contributed by atoms with Crippen molar-refractivity contribution in [2.45, 2.75) is 31.7 Å². The van der Waals surface area contributed by atoms with E-state index in [-0.39, 0.29) is 0 Å². The van der Waals surface area contributed by atoms with E-state index in [9.17, 15) is 0 Å². The lowest BCUT2D eigenvalue weighted by atomic mass is 10.2. The third kappa shape index (κ3) is 4.12. The van der Waals surface area contributed by atoms with E-state index in [1.807, 2.05) is 24.3 Å². The van der Waals surface area contributed by atoms with E-state index in [1.54, 1.807) is 7.11 Å². The van der Waals surface area contributed by atoms with Crippen LogP contribution in [-0.4, -0.2) is 44.3 Å². The Morgan fingerprint density at radius 3 is 2.50 bits per heavy atom. The van der Waals surface area contributed by atoms with Crippen LogP contribution in [0.1, 0.15) is 25.7 Å². The third-order valence-electron chi connectivity index (χ3n) is 3.96. The van der Waals surface area contributed by atoms with Gasteiger partial charge in [0.25, 0.3) is 0 Å². The topological polar surface area (TPSA) is 47.7 Å². The van der Waals surface area contributed by atoms with E-state index in [2.05, 4.69) is 4.90 Å². The second-order valence-electron chi connectivity index (χ2n) is 5.26. The van der Waals surface area contributed by atoms with Gasteiger partial charge in [-0.1, -0.05) is 25.0 Å². The van der Waals surface area contributed by atoms with Crippen molar-refractivity contribution >= 4 is 0 Å². The first-order valence-corrected chi connectivity index (χ1v) is 7.55. The molecule has 0 aliphatic heterocycles. The molecule has 1 aromatic carbocycles. The zero-order chi connectivity index (χ0) is 14.2. The Hall–Kier alpha value is -1.26. The first-order valence-electron chi connectivity index (χ1n) is 7.55. The molecule has 1 aromatic rings. The summed E-state index contributed by atoms with van der Waals surface area (Å²) in [6.45, 7) is 3.28. The van der Waals surface area contributed by atoms with Gasteiger partial charge in [-0.15, -0.1) is 0 Å². The Labute approximate surface area is 121 Å². The van der Waals surface area contributed by atoms with Crippen LogP contribution in [0.4, 0.5) is 0 Å². The van der Waals surface area contributed by atoms with Gasteiger partial charge >= 0.3 is 0 Å². The molecular weight excluding hydrogens is 252 g/mol. The summed E-state index contributed by atoms with van der Waals surface area (Å²) in [5.41, 5.74) is 5.72. The number of hydrogen-bond donors (Lipinski definition) is 1. The Bertz CT molecular complexity index is 392. The van der Waals surface area contributed by atoms with Gasteiger partial charge < -0.3 is 15.2 Å². The summed E-state index contributed by atoms with van der Waals surface area (Å²) in [6.07, 6.45) is 5.29. The van der Waals surface area contributed by atoms with Gasteiger partial charge in [-0.25, -0.2) is 0 Å². The van der Waals surface area contributed by atoms with Crippen molar-refractivity contribution in [1.82, 2.24) is 4.90 Å². The monoisotopic (exact) mass is 278 g/mol. The van der Waals surface area contributed by atoms with E-state index in [4.69, 9.17) is 15.2 Å². The summed E-state index contributed by atoms with van der Waals surface area (Å²) >= 11 is 0. The molecule has 0 heterocycles. The van der Waals surface area contributed by atoms with E-state index in [0.29, 0.717) is 19.2 Å². The maximum absolute atomic E-state index is 5.86. The molecule has 1 fully saturated rings. The maximum Gasteiger partial charge on any atom is 0.161 e. The van der Waals surface area contributed by atoms with Crippen molar-refractivity contribution in [3.05, 3.63) is 24.3 Å². The van der Waals surface area contributed by atoms with Gasteiger partial charge in [0.15, 0.2) is 11.5 Å². The van der Waals surface area contributed by atoms with Crippen molar-refractivity contribution in [2.24, 2.45) is 5.73 Å². The summed E-state index contributed by atoms with van der Waals surface area (Å²) in [4.78, 5) is 2.47. The second kappa shape index (κ2) is 8.12. The predicted octanol–water partition coefficient (Wildman–Crippen LogP) is 2.28. The number of benzene rings is 1. The predicted molar refractivity (Wildman–Crippen MR) is 81.4 cm³/mol. The number of hydrogen-bond acceptors (Lipinski definition) is 4. The third-order valence-corrected chi connectivity index (χ3v) is 3.96. The van der Waals surface area contributed by atoms with Gasteiger partial charge in [-0.3, -0.25) is 4.90 Å². The van der Waals surface area contributed by atoms with Crippen LogP contribution in [0, 0.1) is 0 Å². The van der Waals surface area contributed by atoms with Crippen LogP contribution in [0.25, 0.3) is 0 Å². The average Bonchev–Trinajstić information content (AvgIpc) is 3.01. The SMILES string of the molecule is COc1ccccc1OCCN(CCN)C1CCCC1. The van der Waals surface area contributed by atoms with Crippen molar-refractivity contribution in [3.8, 4) is 11.5 Å². The molecule has 0 aromatic heterocycles. The van der Waals surface area contributed by atoms with Gasteiger partial charge in [0, 0.05) is 25.7 Å². The lowest BCUT2D eigenvalue weighted by Gasteiger charge is -2.28. The minimum absolute atomic E-state index is 0.677. The summed E-state index contributed by atoms with van der Waals surface area (Å²) in [5.74, 6) is 1.60. The molecule has 0 radical (unpaired) electrons. The molecular formula is C16H26N2O2. The molecule has 0 amide bonds. The highest BCUT2D eigenvalue weighted by Crippen LogP contribution is 2.26. The lowest BCUT2D eigenvalue weighted by molar-refractivity contribution is 0.162. The average molecular weight is 278 g/mol. The molecule has 2 N–H and O–H groups in total. The van der Waals surface area contributed by atoms with Gasteiger partial charge in [0.1, 0.15) is 6.61 Å². The Morgan fingerprint density at radius 1 is 1.15 bits per heavy atom. The van der Waals surface area contributed by atoms with Crippen molar-refractivity contribution in [3.63, 3.8) is 0 Å². The zero-order valence-corrected chi connectivity index (χ0v) is 12.4. The largest absolute Gasteiger partial charge is 0.493 e. The lowest BCUT2D eigenvalue weighted by Crippen LogP contribution is -2.39. The van der Waals surface area contributed by atoms with E-state index < -0.39 is 0 Å². The Balaban J connectivity index is 1.83. The van der Waals surface area contributed by atoms with Crippen LogP contribution in [0.15, 0.2) is 24.3 Å². The van der Waals surface area contributed by atoms with E-state index >= 15 is 0 Å². The number of para-hydroxylation sites is 2. The molecule has 0 unspecified atom stereocenters. The number of methoxy groups -OCH3 is 1. The number of rotatable bonds is 8. The summed E-state index contributed by atoms with van der Waals surface area (Å²) in [5, 5.41) is 0. The fraction of sp³-hybridized carbons (Fsp3) is 0.625. The highest BCUT2D eigenvalue weighted by atomic mass is 16.5. The van der Waals surface area contributed by atoms with Crippen LogP contribution in [0.2, 0.25) is 0 Å².